The third-order valence-electron chi connectivity index (χ3n) is 3.82. The summed E-state index contributed by atoms with van der Waals surface area (Å²) >= 11 is 0. The first-order valence-corrected chi connectivity index (χ1v) is 6.99. The van der Waals surface area contributed by atoms with Crippen LogP contribution in [0.5, 0.6) is 0 Å². The van der Waals surface area contributed by atoms with Crippen molar-refractivity contribution in [3.8, 4) is 0 Å². The molecule has 2 aromatic carbocycles. The summed E-state index contributed by atoms with van der Waals surface area (Å²) in [6, 6.07) is 12.9. The van der Waals surface area contributed by atoms with Crippen LogP contribution >= 0.6 is 0 Å². The van der Waals surface area contributed by atoms with Gasteiger partial charge in [-0.1, -0.05) is 54.6 Å². The maximum Gasteiger partial charge on any atom is 0.0464 e. The molecule has 0 fully saturated rings. The third-order valence-corrected chi connectivity index (χ3v) is 3.82. The number of anilines is 1. The molecule has 1 heterocycles. The van der Waals surface area contributed by atoms with Gasteiger partial charge in [0, 0.05) is 23.4 Å². The highest BCUT2D eigenvalue weighted by atomic mass is 14.9. The lowest BCUT2D eigenvalue weighted by Crippen LogP contribution is -2.09. The van der Waals surface area contributed by atoms with Crippen molar-refractivity contribution in [1.29, 1.82) is 0 Å². The van der Waals surface area contributed by atoms with Gasteiger partial charge in [-0.15, -0.1) is 0 Å². The minimum atomic E-state index is 0.881. The molecule has 0 unspecified atom stereocenters. The molecule has 2 aromatic rings. The molecular weight excluding hydrogens is 242 g/mol. The van der Waals surface area contributed by atoms with E-state index in [1.807, 2.05) is 0 Å². The Hall–Kier alpha value is -2.28. The van der Waals surface area contributed by atoms with Crippen LogP contribution in [0.15, 0.2) is 66.4 Å². The van der Waals surface area contributed by atoms with Crippen molar-refractivity contribution >= 4 is 22.0 Å². The van der Waals surface area contributed by atoms with Gasteiger partial charge in [-0.25, -0.2) is 0 Å². The summed E-state index contributed by atoms with van der Waals surface area (Å²) in [5, 5.41) is 6.01. The average molecular weight is 261 g/mol. The van der Waals surface area contributed by atoms with Gasteiger partial charge in [0.1, 0.15) is 0 Å². The van der Waals surface area contributed by atoms with Crippen molar-refractivity contribution in [2.45, 2.75) is 20.3 Å². The zero-order valence-electron chi connectivity index (χ0n) is 12.0. The molecule has 3 rings (SSSR count). The van der Waals surface area contributed by atoms with Crippen molar-refractivity contribution in [3.63, 3.8) is 0 Å². The third kappa shape index (κ3) is 2.16. The van der Waals surface area contributed by atoms with Crippen LogP contribution in [-0.2, 0) is 0 Å². The summed E-state index contributed by atoms with van der Waals surface area (Å²) < 4.78 is 0. The van der Waals surface area contributed by atoms with Crippen LogP contribution in [0.2, 0.25) is 0 Å². The lowest BCUT2D eigenvalue weighted by atomic mass is 9.89. The molecule has 0 spiro atoms. The highest BCUT2D eigenvalue weighted by Crippen LogP contribution is 2.39. The largest absolute Gasteiger partial charge is 0.359 e. The maximum absolute atomic E-state index is 4.11. The van der Waals surface area contributed by atoms with Crippen LogP contribution in [0.1, 0.15) is 25.8 Å². The van der Waals surface area contributed by atoms with Crippen LogP contribution in [0.25, 0.3) is 16.3 Å². The van der Waals surface area contributed by atoms with E-state index in [1.165, 1.54) is 27.5 Å². The van der Waals surface area contributed by atoms with E-state index in [4.69, 9.17) is 0 Å². The molecule has 0 saturated heterocycles. The van der Waals surface area contributed by atoms with Crippen LogP contribution < -0.4 is 5.32 Å². The Morgan fingerprint density at radius 2 is 2.00 bits per heavy atom. The first kappa shape index (κ1) is 12.7. The van der Waals surface area contributed by atoms with Crippen molar-refractivity contribution < 1.29 is 0 Å². The lowest BCUT2D eigenvalue weighted by molar-refractivity contribution is 1.20. The fourth-order valence-corrected chi connectivity index (χ4v) is 2.76. The maximum atomic E-state index is 4.11. The Kier molecular flexibility index (Phi) is 3.19. The molecule has 1 nitrogen and oxygen atoms in total. The number of rotatable bonds is 1. The molecule has 100 valence electrons. The van der Waals surface area contributed by atoms with Gasteiger partial charge in [0.15, 0.2) is 0 Å². The van der Waals surface area contributed by atoms with E-state index in [0.717, 1.165) is 17.8 Å². The van der Waals surface area contributed by atoms with Crippen molar-refractivity contribution in [2.75, 3.05) is 5.32 Å². The predicted octanol–water partition coefficient (Wildman–Crippen LogP) is 5.52. The van der Waals surface area contributed by atoms with Crippen molar-refractivity contribution in [3.05, 3.63) is 72.0 Å². The summed E-state index contributed by atoms with van der Waals surface area (Å²) in [6.45, 7) is 8.32. The van der Waals surface area contributed by atoms with Gasteiger partial charge in [-0.3, -0.25) is 0 Å². The molecule has 0 saturated carbocycles. The lowest BCUT2D eigenvalue weighted by Gasteiger charge is -2.24. The monoisotopic (exact) mass is 261 g/mol. The van der Waals surface area contributed by atoms with E-state index in [1.54, 1.807) is 0 Å². The van der Waals surface area contributed by atoms with E-state index >= 15 is 0 Å². The molecule has 1 N–H and O–H groups in total. The zero-order chi connectivity index (χ0) is 14.1. The van der Waals surface area contributed by atoms with Gasteiger partial charge in [0.25, 0.3) is 0 Å². The fraction of sp³-hybridized carbons (Fsp3) is 0.158. The van der Waals surface area contributed by atoms with E-state index in [0.29, 0.717) is 0 Å². The van der Waals surface area contributed by atoms with Crippen molar-refractivity contribution in [1.82, 2.24) is 0 Å². The van der Waals surface area contributed by atoms with Gasteiger partial charge in [-0.05, 0) is 36.3 Å². The fourth-order valence-electron chi connectivity index (χ4n) is 2.76. The number of nitrogens with one attached hydrogen (secondary N) is 1. The Balaban J connectivity index is 2.31. The molecule has 0 amide bonds. The summed E-state index contributed by atoms with van der Waals surface area (Å²) in [4.78, 5) is 0. The molecule has 20 heavy (non-hydrogen) atoms. The minimum absolute atomic E-state index is 0.881. The second kappa shape index (κ2) is 5.01. The second-order valence-electron chi connectivity index (χ2n) is 5.32. The second-order valence-corrected chi connectivity index (χ2v) is 5.32. The topological polar surface area (TPSA) is 12.0 Å². The van der Waals surface area contributed by atoms with E-state index < -0.39 is 0 Å². The van der Waals surface area contributed by atoms with Gasteiger partial charge < -0.3 is 5.32 Å². The summed E-state index contributed by atoms with van der Waals surface area (Å²) in [6.07, 6.45) is 5.30. The highest BCUT2D eigenvalue weighted by molar-refractivity contribution is 6.01. The summed E-state index contributed by atoms with van der Waals surface area (Å²) in [5.41, 5.74) is 6.17. The molecular formula is C19H19N. The molecule has 0 bridgehead atoms. The van der Waals surface area contributed by atoms with Gasteiger partial charge in [0.2, 0.25) is 0 Å². The normalized spacial score (nSPS) is 17.2. The average Bonchev–Trinajstić information content (AvgIpc) is 2.46. The Bertz CT molecular complexity index is 747. The van der Waals surface area contributed by atoms with E-state index in [-0.39, 0.29) is 0 Å². The first-order valence-electron chi connectivity index (χ1n) is 6.99. The van der Waals surface area contributed by atoms with Gasteiger partial charge >= 0.3 is 0 Å². The molecule has 0 atom stereocenters. The molecule has 1 aliphatic heterocycles. The minimum Gasteiger partial charge on any atom is -0.359 e. The van der Waals surface area contributed by atoms with Gasteiger partial charge in [0.05, 0.1) is 0 Å². The molecule has 1 aliphatic rings. The molecule has 0 aliphatic carbocycles. The van der Waals surface area contributed by atoms with Crippen LogP contribution in [0, 0.1) is 0 Å². The quantitative estimate of drug-likeness (QED) is 0.712. The number of benzene rings is 2. The molecule has 1 heteroatoms. The number of hydrogen-bond donors (Lipinski definition) is 1. The molecule has 0 aromatic heterocycles. The van der Waals surface area contributed by atoms with Crippen LogP contribution in [-0.4, -0.2) is 0 Å². The van der Waals surface area contributed by atoms with Crippen LogP contribution in [0.4, 0.5) is 5.69 Å². The summed E-state index contributed by atoms with van der Waals surface area (Å²) in [5.74, 6) is 0. The highest BCUT2D eigenvalue weighted by Gasteiger charge is 2.18. The zero-order valence-corrected chi connectivity index (χ0v) is 12.0. The molecule has 0 radical (unpaired) electrons. The Morgan fingerprint density at radius 1 is 1.20 bits per heavy atom. The van der Waals surface area contributed by atoms with Crippen molar-refractivity contribution in [2.24, 2.45) is 0 Å². The summed E-state index contributed by atoms with van der Waals surface area (Å²) in [7, 11) is 0. The standard InChI is InChI=1S/C19H19N/c1-4-13(2)11-16-12-14(3)20-18-10-9-15-7-5-6-8-17(15)19(16)18/h4-11,20H,3,12H2,1-2H3/b13-4-,16-11+. The Morgan fingerprint density at radius 3 is 2.80 bits per heavy atom. The number of hydrogen-bond acceptors (Lipinski definition) is 1. The number of allylic oxidation sites excluding steroid dienone is 4. The SMILES string of the molecule is C=C1C/C(=C\C(C)=C/C)c2c(ccc3ccccc23)N1. The van der Waals surface area contributed by atoms with Gasteiger partial charge in [-0.2, -0.15) is 0 Å². The smallest absolute Gasteiger partial charge is 0.0464 e. The first-order chi connectivity index (χ1) is 9.69. The van der Waals surface area contributed by atoms with E-state index in [2.05, 4.69) is 74.3 Å². The predicted molar refractivity (Wildman–Crippen MR) is 88.7 cm³/mol. The Labute approximate surface area is 120 Å². The van der Waals surface area contributed by atoms with E-state index in [9.17, 15) is 0 Å². The number of fused-ring (bicyclic) bond motifs is 3. The van der Waals surface area contributed by atoms with Crippen LogP contribution in [0.3, 0.4) is 0 Å².